The lowest BCUT2D eigenvalue weighted by Gasteiger charge is -2.34. The van der Waals surface area contributed by atoms with Gasteiger partial charge in [0, 0.05) is 26.2 Å². The number of benzene rings is 1. The van der Waals surface area contributed by atoms with E-state index >= 15 is 0 Å². The Morgan fingerprint density at radius 3 is 2.41 bits per heavy atom. The Labute approximate surface area is 125 Å². The molecule has 1 aliphatic rings. The van der Waals surface area contributed by atoms with Gasteiger partial charge in [-0.1, -0.05) is 6.07 Å². The molecule has 22 heavy (non-hydrogen) atoms. The number of nitro benzene ring substituents is 1. The summed E-state index contributed by atoms with van der Waals surface area (Å²) in [4.78, 5) is 36.2. The van der Waals surface area contributed by atoms with Crippen LogP contribution in [0.15, 0.2) is 18.2 Å². The number of nitrogens with zero attached hydrogens (tertiary/aromatic N) is 3. The SMILES string of the molecule is COC(=O)c1cccc(N2CCN(C(=O)O)CC2)c1[N+](=O)[O-]. The number of methoxy groups -OCH3 is 1. The van der Waals surface area contributed by atoms with Crippen molar-refractivity contribution < 1.29 is 24.4 Å². The normalized spacial score (nSPS) is 14.6. The number of rotatable bonds is 3. The fourth-order valence-corrected chi connectivity index (χ4v) is 2.39. The van der Waals surface area contributed by atoms with Crippen molar-refractivity contribution in [2.24, 2.45) is 0 Å². The van der Waals surface area contributed by atoms with Crippen LogP contribution in [-0.4, -0.2) is 60.3 Å². The first-order valence-electron chi connectivity index (χ1n) is 6.54. The van der Waals surface area contributed by atoms with Gasteiger partial charge in [0.1, 0.15) is 11.3 Å². The standard InChI is InChI=1S/C13H15N3O6/c1-22-12(17)9-3-2-4-10(11(9)16(20)21)14-5-7-15(8-6-14)13(18)19/h2-4H,5-8H2,1H3,(H,18,19). The summed E-state index contributed by atoms with van der Waals surface area (Å²) in [7, 11) is 1.16. The zero-order valence-corrected chi connectivity index (χ0v) is 11.9. The molecule has 0 aromatic heterocycles. The molecule has 1 aromatic rings. The van der Waals surface area contributed by atoms with Gasteiger partial charge in [0.05, 0.1) is 12.0 Å². The molecule has 1 saturated heterocycles. The van der Waals surface area contributed by atoms with Gasteiger partial charge in [-0.05, 0) is 12.1 Å². The van der Waals surface area contributed by atoms with Crippen LogP contribution in [0.25, 0.3) is 0 Å². The molecule has 2 rings (SSSR count). The number of para-hydroxylation sites is 1. The monoisotopic (exact) mass is 309 g/mol. The third-order valence-corrected chi connectivity index (χ3v) is 3.49. The first kappa shape index (κ1) is 15.5. The Morgan fingerprint density at radius 1 is 1.27 bits per heavy atom. The summed E-state index contributed by atoms with van der Waals surface area (Å²) in [6, 6.07) is 4.42. The molecule has 1 heterocycles. The van der Waals surface area contributed by atoms with Crippen molar-refractivity contribution in [2.75, 3.05) is 38.2 Å². The van der Waals surface area contributed by atoms with Crippen LogP contribution in [0.5, 0.6) is 0 Å². The fourth-order valence-electron chi connectivity index (χ4n) is 2.39. The van der Waals surface area contributed by atoms with Gasteiger partial charge in [-0.2, -0.15) is 0 Å². The van der Waals surface area contributed by atoms with Crippen molar-refractivity contribution in [2.45, 2.75) is 0 Å². The topological polar surface area (TPSA) is 113 Å². The van der Waals surface area contributed by atoms with Crippen molar-refractivity contribution in [1.82, 2.24) is 4.90 Å². The van der Waals surface area contributed by atoms with E-state index in [2.05, 4.69) is 4.74 Å². The van der Waals surface area contributed by atoms with Crippen LogP contribution in [0.1, 0.15) is 10.4 Å². The second kappa shape index (κ2) is 6.29. The number of piperazine rings is 1. The first-order chi connectivity index (χ1) is 10.5. The van der Waals surface area contributed by atoms with Gasteiger partial charge >= 0.3 is 17.7 Å². The Morgan fingerprint density at radius 2 is 1.91 bits per heavy atom. The van der Waals surface area contributed by atoms with Gasteiger partial charge in [-0.3, -0.25) is 10.1 Å². The van der Waals surface area contributed by atoms with Crippen molar-refractivity contribution >= 4 is 23.4 Å². The Hall–Kier alpha value is -2.84. The second-order valence-electron chi connectivity index (χ2n) is 4.68. The summed E-state index contributed by atoms with van der Waals surface area (Å²) >= 11 is 0. The Bertz CT molecular complexity index is 610. The average molecular weight is 309 g/mol. The number of anilines is 1. The molecule has 0 atom stereocenters. The number of ether oxygens (including phenoxy) is 1. The zero-order valence-electron chi connectivity index (χ0n) is 11.9. The van der Waals surface area contributed by atoms with E-state index in [4.69, 9.17) is 5.11 Å². The molecule has 1 aliphatic heterocycles. The van der Waals surface area contributed by atoms with E-state index in [0.29, 0.717) is 13.1 Å². The van der Waals surface area contributed by atoms with Gasteiger partial charge in [0.25, 0.3) is 0 Å². The molecule has 118 valence electrons. The van der Waals surface area contributed by atoms with Crippen LogP contribution in [0, 0.1) is 10.1 Å². The number of amides is 1. The number of nitro groups is 1. The molecule has 1 N–H and O–H groups in total. The second-order valence-corrected chi connectivity index (χ2v) is 4.68. The van der Waals surface area contributed by atoms with Crippen LogP contribution in [-0.2, 0) is 4.74 Å². The summed E-state index contributed by atoms with van der Waals surface area (Å²) in [6.07, 6.45) is -1.02. The first-order valence-corrected chi connectivity index (χ1v) is 6.54. The lowest BCUT2D eigenvalue weighted by molar-refractivity contribution is -0.384. The van der Waals surface area contributed by atoms with E-state index in [0.717, 1.165) is 7.11 Å². The Balaban J connectivity index is 2.34. The van der Waals surface area contributed by atoms with Gasteiger partial charge in [-0.15, -0.1) is 0 Å². The van der Waals surface area contributed by atoms with E-state index in [1.807, 2.05) is 0 Å². The lowest BCUT2D eigenvalue weighted by atomic mass is 10.1. The van der Waals surface area contributed by atoms with Crippen molar-refractivity contribution in [1.29, 1.82) is 0 Å². The maximum absolute atomic E-state index is 11.7. The molecule has 1 fully saturated rings. The predicted molar refractivity (Wildman–Crippen MR) is 76.2 cm³/mol. The maximum Gasteiger partial charge on any atom is 0.407 e. The highest BCUT2D eigenvalue weighted by Crippen LogP contribution is 2.32. The third-order valence-electron chi connectivity index (χ3n) is 3.49. The number of carboxylic acid groups (broad SMARTS) is 1. The van der Waals surface area contributed by atoms with Crippen LogP contribution >= 0.6 is 0 Å². The molecule has 9 heteroatoms. The van der Waals surface area contributed by atoms with Gasteiger partial charge in [-0.25, -0.2) is 9.59 Å². The number of hydrogen-bond acceptors (Lipinski definition) is 6. The molecule has 0 aliphatic carbocycles. The van der Waals surface area contributed by atoms with E-state index in [1.165, 1.54) is 17.0 Å². The minimum atomic E-state index is -1.02. The summed E-state index contributed by atoms with van der Waals surface area (Å²) in [5, 5.41) is 20.3. The van der Waals surface area contributed by atoms with E-state index in [1.54, 1.807) is 11.0 Å². The smallest absolute Gasteiger partial charge is 0.407 e. The molecule has 1 amide bonds. The summed E-state index contributed by atoms with van der Waals surface area (Å²) in [6.45, 7) is 1.12. The molecule has 0 spiro atoms. The highest BCUT2D eigenvalue weighted by atomic mass is 16.6. The minimum Gasteiger partial charge on any atom is -0.465 e. The van der Waals surface area contributed by atoms with Crippen molar-refractivity contribution in [3.05, 3.63) is 33.9 Å². The highest BCUT2D eigenvalue weighted by Gasteiger charge is 2.30. The third kappa shape index (κ3) is 2.92. The molecule has 0 bridgehead atoms. The van der Waals surface area contributed by atoms with Crippen molar-refractivity contribution in [3.8, 4) is 0 Å². The zero-order chi connectivity index (χ0) is 16.3. The summed E-state index contributed by atoms with van der Waals surface area (Å²) < 4.78 is 4.57. The summed E-state index contributed by atoms with van der Waals surface area (Å²) in [5.41, 5.74) is -0.151. The van der Waals surface area contributed by atoms with Crippen LogP contribution < -0.4 is 4.90 Å². The van der Waals surface area contributed by atoms with Crippen molar-refractivity contribution in [3.63, 3.8) is 0 Å². The summed E-state index contributed by atoms with van der Waals surface area (Å²) in [5.74, 6) is -0.780. The maximum atomic E-state index is 11.7. The van der Waals surface area contributed by atoms with E-state index in [9.17, 15) is 19.7 Å². The largest absolute Gasteiger partial charge is 0.465 e. The molecular weight excluding hydrogens is 294 g/mol. The van der Waals surface area contributed by atoms with Gasteiger partial charge in [0.2, 0.25) is 0 Å². The van der Waals surface area contributed by atoms with Crippen LogP contribution in [0.3, 0.4) is 0 Å². The fraction of sp³-hybridized carbons (Fsp3) is 0.385. The molecule has 0 unspecified atom stereocenters. The minimum absolute atomic E-state index is 0.120. The lowest BCUT2D eigenvalue weighted by Crippen LogP contribution is -2.48. The number of carbonyl (C=O) groups is 2. The number of hydrogen-bond donors (Lipinski definition) is 1. The highest BCUT2D eigenvalue weighted by molar-refractivity contribution is 5.96. The van der Waals surface area contributed by atoms with E-state index in [-0.39, 0.29) is 30.0 Å². The van der Waals surface area contributed by atoms with Crippen LogP contribution in [0.4, 0.5) is 16.2 Å². The Kier molecular flexibility index (Phi) is 4.44. The molecule has 1 aromatic carbocycles. The number of esters is 1. The van der Waals surface area contributed by atoms with Gasteiger partial charge < -0.3 is 19.6 Å². The molecule has 0 radical (unpaired) electrons. The van der Waals surface area contributed by atoms with E-state index < -0.39 is 17.0 Å². The average Bonchev–Trinajstić information content (AvgIpc) is 2.53. The molecule has 9 nitrogen and oxygen atoms in total. The van der Waals surface area contributed by atoms with Gasteiger partial charge in [0.15, 0.2) is 0 Å². The number of carbonyl (C=O) groups excluding carboxylic acids is 1. The predicted octanol–water partition coefficient (Wildman–Crippen LogP) is 1.18. The quantitative estimate of drug-likeness (QED) is 0.506. The molecule has 0 saturated carbocycles. The molecular formula is C13H15N3O6. The van der Waals surface area contributed by atoms with Crippen LogP contribution in [0.2, 0.25) is 0 Å².